The Morgan fingerprint density at radius 1 is 1.35 bits per heavy atom. The van der Waals surface area contributed by atoms with E-state index in [-0.39, 0.29) is 12.1 Å². The van der Waals surface area contributed by atoms with Gasteiger partial charge in [-0.15, -0.1) is 0 Å². The summed E-state index contributed by atoms with van der Waals surface area (Å²) in [5.41, 5.74) is 0. The molecule has 0 bridgehead atoms. The molecule has 1 aliphatic carbocycles. The number of piperidine rings is 1. The van der Waals surface area contributed by atoms with E-state index in [0.717, 1.165) is 51.0 Å². The Kier molecular flexibility index (Phi) is 8.71. The fourth-order valence-electron chi connectivity index (χ4n) is 2.55. The summed E-state index contributed by atoms with van der Waals surface area (Å²) in [4.78, 5) is 17.9. The molecule has 141 valence electrons. The second-order valence-electron chi connectivity index (χ2n) is 6.28. The molecule has 6 nitrogen and oxygen atoms in total. The first-order valence-electron chi connectivity index (χ1n) is 9.06. The van der Waals surface area contributed by atoms with Crippen LogP contribution in [0.2, 0.25) is 0 Å². The van der Waals surface area contributed by atoms with Gasteiger partial charge in [0.15, 0.2) is 0 Å². The van der Waals surface area contributed by atoms with E-state index in [1.165, 1.54) is 6.26 Å². The molecule has 0 atom stereocenters. The fourth-order valence-corrected chi connectivity index (χ4v) is 2.65. The van der Waals surface area contributed by atoms with E-state index >= 15 is 0 Å². The van der Waals surface area contributed by atoms with Crippen molar-refractivity contribution in [2.75, 3.05) is 13.1 Å². The third-order valence-corrected chi connectivity index (χ3v) is 4.27. The van der Waals surface area contributed by atoms with Crippen molar-refractivity contribution in [2.45, 2.75) is 51.2 Å². The van der Waals surface area contributed by atoms with Crippen molar-refractivity contribution in [2.24, 2.45) is 4.99 Å². The number of carbonyl (C=O) groups is 1. The quantitative estimate of drug-likeness (QED) is 0.370. The average Bonchev–Trinajstić information content (AvgIpc) is 3.44. The van der Waals surface area contributed by atoms with Gasteiger partial charge in [0.05, 0.1) is 0 Å². The molecular formula is C19H27N3O3V. The molecule has 0 spiro atoms. The second kappa shape index (κ2) is 11.0. The number of likely N-dealkylation sites (tertiary alicyclic amines) is 1. The number of amides is 2. The molecule has 0 aromatic rings. The molecule has 1 aliphatic heterocycles. The van der Waals surface area contributed by atoms with Crippen LogP contribution in [0.1, 0.15) is 39.0 Å². The number of nitrogens with zero attached hydrogens (tertiary/aromatic N) is 2. The van der Waals surface area contributed by atoms with Crippen molar-refractivity contribution in [3.63, 3.8) is 0 Å². The molecular weight excluding hydrogens is 369 g/mol. The average molecular weight is 396 g/mol. The van der Waals surface area contributed by atoms with Gasteiger partial charge in [0.1, 0.15) is 0 Å². The minimum absolute atomic E-state index is 0.0609. The zero-order valence-corrected chi connectivity index (χ0v) is 16.7. The van der Waals surface area contributed by atoms with Gasteiger partial charge < -0.3 is 10.2 Å². The van der Waals surface area contributed by atoms with Crippen LogP contribution in [-0.2, 0) is 26.5 Å². The molecule has 1 heterocycles. The van der Waals surface area contributed by atoms with Gasteiger partial charge in [-0.2, -0.15) is 0 Å². The maximum atomic E-state index is 12.1. The van der Waals surface area contributed by atoms with Crippen LogP contribution in [0.5, 0.6) is 0 Å². The number of rotatable bonds is 9. The molecule has 1 saturated carbocycles. The van der Waals surface area contributed by atoms with Gasteiger partial charge in [-0.05, 0) is 12.8 Å². The third-order valence-electron chi connectivity index (χ3n) is 4.06. The van der Waals surface area contributed by atoms with Crippen LogP contribution in [0.3, 0.4) is 0 Å². The molecule has 2 amide bonds. The van der Waals surface area contributed by atoms with Crippen molar-refractivity contribution in [3.8, 4) is 0 Å². The van der Waals surface area contributed by atoms with E-state index in [9.17, 15) is 4.79 Å². The van der Waals surface area contributed by atoms with Crippen LogP contribution in [0.15, 0.2) is 41.6 Å². The summed E-state index contributed by atoms with van der Waals surface area (Å²) in [6.07, 6.45) is 11.8. The van der Waals surface area contributed by atoms with Crippen molar-refractivity contribution >= 4 is 17.0 Å². The molecule has 26 heavy (non-hydrogen) atoms. The SMILES string of the molecule is C=C(/N=C\[CH]=[V])OC=C/C(=C\CC)OC1CCN(C(=O)NC2CC2)CC1. The normalized spacial score (nSPS) is 18.9. The third kappa shape index (κ3) is 7.62. The fraction of sp³-hybridized carbons (Fsp3) is 0.526. The van der Waals surface area contributed by atoms with Crippen LogP contribution in [-0.4, -0.2) is 47.1 Å². The predicted molar refractivity (Wildman–Crippen MR) is 99.5 cm³/mol. The van der Waals surface area contributed by atoms with Crippen LogP contribution < -0.4 is 5.32 Å². The molecule has 2 fully saturated rings. The number of ether oxygens (including phenoxy) is 2. The van der Waals surface area contributed by atoms with E-state index < -0.39 is 0 Å². The summed E-state index contributed by atoms with van der Waals surface area (Å²) in [6.45, 7) is 7.20. The number of carbonyl (C=O) groups excluding carboxylic acids is 1. The molecule has 0 aromatic heterocycles. The van der Waals surface area contributed by atoms with E-state index in [0.29, 0.717) is 11.9 Å². The minimum atomic E-state index is 0.0609. The standard InChI is InChI=1S/C19H27N3O3.V/c1-4-6-17(11-14-24-15(3)20-5-2)25-18-9-12-22(13-10-18)19(23)21-16-7-8-16;/h2,5-6,11,14,16,18H,3-4,7-10,12-13H2,1H3,(H,21,23);/b14-11?,17-6+,20-5-;. The van der Waals surface area contributed by atoms with Gasteiger partial charge in [-0.25, -0.2) is 4.79 Å². The first kappa shape index (κ1) is 20.5. The Bertz CT molecular complexity index is 589. The topological polar surface area (TPSA) is 63.2 Å². The number of nitrogens with one attached hydrogen (secondary N) is 1. The van der Waals surface area contributed by atoms with Crippen molar-refractivity contribution in [1.82, 2.24) is 10.2 Å². The molecule has 2 aliphatic rings. The van der Waals surface area contributed by atoms with Crippen molar-refractivity contribution in [3.05, 3.63) is 36.6 Å². The molecule has 1 N–H and O–H groups in total. The Morgan fingerprint density at radius 3 is 2.69 bits per heavy atom. The summed E-state index contributed by atoms with van der Waals surface area (Å²) in [6, 6.07) is 0.458. The maximum absolute atomic E-state index is 12.1. The number of aliphatic imine (C=N–C) groups is 1. The van der Waals surface area contributed by atoms with Crippen molar-refractivity contribution < 1.29 is 31.2 Å². The molecule has 0 aromatic carbocycles. The molecule has 2 rings (SSSR count). The summed E-state index contributed by atoms with van der Waals surface area (Å²) in [5.74, 6) is 1.08. The van der Waals surface area contributed by atoms with Gasteiger partial charge in [0.25, 0.3) is 0 Å². The number of urea groups is 1. The van der Waals surface area contributed by atoms with Gasteiger partial charge in [-0.1, -0.05) is 0 Å². The van der Waals surface area contributed by atoms with Gasteiger partial charge >= 0.3 is 130 Å². The predicted octanol–water partition coefficient (Wildman–Crippen LogP) is 3.05. The van der Waals surface area contributed by atoms with Crippen molar-refractivity contribution in [1.29, 1.82) is 0 Å². The van der Waals surface area contributed by atoms with E-state index in [2.05, 4.69) is 40.8 Å². The first-order chi connectivity index (χ1) is 12.6. The van der Waals surface area contributed by atoms with Crippen LogP contribution in [0.25, 0.3) is 0 Å². The van der Waals surface area contributed by atoms with Gasteiger partial charge in [0, 0.05) is 6.04 Å². The molecule has 1 saturated heterocycles. The molecule has 0 radical (unpaired) electrons. The van der Waals surface area contributed by atoms with Gasteiger partial charge in [0.2, 0.25) is 0 Å². The monoisotopic (exact) mass is 396 g/mol. The van der Waals surface area contributed by atoms with Crippen LogP contribution in [0, 0.1) is 0 Å². The molecule has 0 unspecified atom stereocenters. The Hall–Kier alpha value is -1.79. The van der Waals surface area contributed by atoms with Gasteiger partial charge in [-0.3, -0.25) is 0 Å². The first-order valence-corrected chi connectivity index (χ1v) is 9.87. The second-order valence-corrected chi connectivity index (χ2v) is 6.75. The molecule has 7 heteroatoms. The van der Waals surface area contributed by atoms with E-state index in [1.807, 2.05) is 11.0 Å². The number of allylic oxidation sites excluding steroid dienone is 2. The zero-order chi connectivity index (χ0) is 18.8. The van der Waals surface area contributed by atoms with E-state index in [4.69, 9.17) is 9.47 Å². The summed E-state index contributed by atoms with van der Waals surface area (Å²) in [5, 5.41) is 3.04. The summed E-state index contributed by atoms with van der Waals surface area (Å²) < 4.78 is 13.1. The number of hydrogen-bond donors (Lipinski definition) is 1. The number of hydrogen-bond acceptors (Lipinski definition) is 4. The van der Waals surface area contributed by atoms with Crippen LogP contribution in [0.4, 0.5) is 4.79 Å². The summed E-state index contributed by atoms with van der Waals surface area (Å²) in [7, 11) is 0. The van der Waals surface area contributed by atoms with Crippen LogP contribution >= 0.6 is 0 Å². The van der Waals surface area contributed by atoms with E-state index in [1.54, 1.807) is 17.0 Å². The summed E-state index contributed by atoms with van der Waals surface area (Å²) >= 11 is 2.29. The Balaban J connectivity index is 1.76. The zero-order valence-electron chi connectivity index (χ0n) is 15.3. The Labute approximate surface area is 164 Å². The Morgan fingerprint density at radius 2 is 2.08 bits per heavy atom.